The number of hydrogen-bond acceptors (Lipinski definition) is 0. The van der Waals surface area contributed by atoms with E-state index in [2.05, 4.69) is 98.0 Å². The van der Waals surface area contributed by atoms with Gasteiger partial charge in [0.25, 0.3) is 0 Å². The van der Waals surface area contributed by atoms with Gasteiger partial charge in [0, 0.05) is 0 Å². The SMILES string of the molecule is C[N+](c1ccccc1)(c1ccccc1)c1ccccc1.[Br-].[Cl-].[Cl-].[Zn+2]. The number of quaternary nitrogens is 1. The predicted octanol–water partition coefficient (Wildman–Crippen LogP) is -3.70. The molecule has 122 valence electrons. The van der Waals surface area contributed by atoms with Crippen molar-refractivity contribution in [1.29, 1.82) is 0 Å². The van der Waals surface area contributed by atoms with E-state index in [9.17, 15) is 0 Å². The van der Waals surface area contributed by atoms with Gasteiger partial charge in [0.1, 0.15) is 17.1 Å². The Kier molecular flexibility index (Phi) is 12.5. The van der Waals surface area contributed by atoms with Crippen LogP contribution >= 0.6 is 0 Å². The molecule has 3 aromatic carbocycles. The zero-order chi connectivity index (χ0) is 13.8. The molecule has 0 aliphatic rings. The molecule has 24 heavy (non-hydrogen) atoms. The van der Waals surface area contributed by atoms with Gasteiger partial charge in [-0.3, -0.25) is 0 Å². The summed E-state index contributed by atoms with van der Waals surface area (Å²) in [5.74, 6) is 0. The summed E-state index contributed by atoms with van der Waals surface area (Å²) in [4.78, 5) is 0. The van der Waals surface area contributed by atoms with Crippen molar-refractivity contribution < 1.29 is 61.3 Å². The van der Waals surface area contributed by atoms with E-state index in [1.54, 1.807) is 0 Å². The van der Waals surface area contributed by atoms with Gasteiger partial charge in [-0.25, -0.2) is 4.48 Å². The summed E-state index contributed by atoms with van der Waals surface area (Å²) in [6.45, 7) is 0. The molecule has 0 radical (unpaired) electrons. The first-order valence-electron chi connectivity index (χ1n) is 6.85. The fraction of sp³-hybridized carbons (Fsp3) is 0.0526. The molecule has 0 aliphatic carbocycles. The van der Waals surface area contributed by atoms with Gasteiger partial charge in [-0.05, 0) is 36.4 Å². The van der Waals surface area contributed by atoms with E-state index in [0.29, 0.717) is 4.48 Å². The van der Waals surface area contributed by atoms with Crippen molar-refractivity contribution >= 4 is 17.1 Å². The maximum absolute atomic E-state index is 2.24. The third kappa shape index (κ3) is 5.15. The average Bonchev–Trinajstić information content (AvgIpc) is 2.56. The fourth-order valence-corrected chi connectivity index (χ4v) is 2.63. The summed E-state index contributed by atoms with van der Waals surface area (Å²) >= 11 is 0. The van der Waals surface area contributed by atoms with Crippen molar-refractivity contribution in [2.75, 3.05) is 7.05 Å². The van der Waals surface area contributed by atoms with Crippen molar-refractivity contribution in [3.63, 3.8) is 0 Å². The summed E-state index contributed by atoms with van der Waals surface area (Å²) < 4.78 is 0.669. The molecule has 0 spiro atoms. The molecule has 0 N–H and O–H groups in total. The van der Waals surface area contributed by atoms with Crippen LogP contribution in [0.5, 0.6) is 0 Å². The van der Waals surface area contributed by atoms with E-state index >= 15 is 0 Å². The summed E-state index contributed by atoms with van der Waals surface area (Å²) in [5, 5.41) is 0. The number of rotatable bonds is 3. The Hall–Kier alpha value is -0.697. The van der Waals surface area contributed by atoms with E-state index in [1.807, 2.05) is 0 Å². The van der Waals surface area contributed by atoms with Gasteiger partial charge in [-0.2, -0.15) is 0 Å². The van der Waals surface area contributed by atoms with Crippen molar-refractivity contribution in [3.05, 3.63) is 91.0 Å². The first-order chi connectivity index (χ1) is 9.82. The van der Waals surface area contributed by atoms with Crippen molar-refractivity contribution in [3.8, 4) is 0 Å². The van der Waals surface area contributed by atoms with Crippen LogP contribution in [0.3, 0.4) is 0 Å². The van der Waals surface area contributed by atoms with Crippen LogP contribution in [0.2, 0.25) is 0 Å². The number of para-hydroxylation sites is 3. The fourth-order valence-electron chi connectivity index (χ4n) is 2.63. The van der Waals surface area contributed by atoms with Gasteiger partial charge >= 0.3 is 19.5 Å². The smallest absolute Gasteiger partial charge is 1.00 e. The molecule has 0 fully saturated rings. The minimum atomic E-state index is 0. The van der Waals surface area contributed by atoms with Gasteiger partial charge in [0.05, 0.1) is 7.05 Å². The molecule has 0 saturated carbocycles. The van der Waals surface area contributed by atoms with Crippen LogP contribution in [-0.4, -0.2) is 7.05 Å². The molecule has 0 aliphatic heterocycles. The molecular weight excluding hydrogens is 458 g/mol. The Morgan fingerprint density at radius 1 is 0.500 bits per heavy atom. The number of nitrogens with zero attached hydrogens (tertiary/aromatic N) is 1. The van der Waals surface area contributed by atoms with Gasteiger partial charge in [0.2, 0.25) is 0 Å². The molecule has 0 saturated heterocycles. The van der Waals surface area contributed by atoms with Crippen LogP contribution in [0.4, 0.5) is 17.1 Å². The van der Waals surface area contributed by atoms with Crippen LogP contribution in [0.15, 0.2) is 91.0 Å². The molecule has 0 bridgehead atoms. The Morgan fingerprint density at radius 3 is 0.917 bits per heavy atom. The van der Waals surface area contributed by atoms with Gasteiger partial charge in [-0.1, -0.05) is 54.6 Å². The van der Waals surface area contributed by atoms with Gasteiger partial charge < -0.3 is 41.8 Å². The van der Waals surface area contributed by atoms with E-state index in [0.717, 1.165) is 0 Å². The second-order valence-electron chi connectivity index (χ2n) is 5.01. The van der Waals surface area contributed by atoms with Crippen molar-refractivity contribution in [2.45, 2.75) is 0 Å². The standard InChI is InChI=1S/C19H18N.BrH.2ClH.Zn/c1-20(17-11-5-2-6-12-17,18-13-7-3-8-14-18)19-15-9-4-10-16-19;;;;/h2-16H,1H3;3*1H;/q+1;;;;+2/p-3. The average molecular weight is 477 g/mol. The van der Waals surface area contributed by atoms with Crippen LogP contribution < -0.4 is 46.3 Å². The zero-order valence-electron chi connectivity index (χ0n) is 13.4. The van der Waals surface area contributed by atoms with Crippen LogP contribution in [0, 0.1) is 0 Å². The second-order valence-corrected chi connectivity index (χ2v) is 5.01. The molecule has 0 atom stereocenters. The van der Waals surface area contributed by atoms with Crippen molar-refractivity contribution in [1.82, 2.24) is 4.48 Å². The van der Waals surface area contributed by atoms with E-state index < -0.39 is 0 Å². The second kappa shape index (κ2) is 11.8. The van der Waals surface area contributed by atoms with E-state index in [4.69, 9.17) is 0 Å². The third-order valence-corrected chi connectivity index (χ3v) is 3.82. The molecule has 0 heterocycles. The maximum Gasteiger partial charge on any atom is 2.00 e. The van der Waals surface area contributed by atoms with Gasteiger partial charge in [-0.15, -0.1) is 0 Å². The predicted molar refractivity (Wildman–Crippen MR) is 86.4 cm³/mol. The number of benzene rings is 3. The summed E-state index contributed by atoms with van der Waals surface area (Å²) in [7, 11) is 2.24. The molecule has 0 aromatic heterocycles. The van der Waals surface area contributed by atoms with E-state index in [-0.39, 0.29) is 61.3 Å². The number of hydrogen-bond donors (Lipinski definition) is 0. The Balaban J connectivity index is 0. The van der Waals surface area contributed by atoms with Gasteiger partial charge in [0.15, 0.2) is 0 Å². The molecule has 0 unspecified atom stereocenters. The van der Waals surface area contributed by atoms with Crippen LogP contribution in [0.25, 0.3) is 0 Å². The Bertz CT molecular complexity index is 585. The van der Waals surface area contributed by atoms with E-state index in [1.165, 1.54) is 17.1 Å². The molecule has 1 nitrogen and oxygen atoms in total. The molecule has 3 aromatic rings. The minimum Gasteiger partial charge on any atom is -1.00 e. The maximum atomic E-state index is 2.24. The quantitative estimate of drug-likeness (QED) is 0.270. The minimum absolute atomic E-state index is 0. The molecule has 0 amide bonds. The summed E-state index contributed by atoms with van der Waals surface area (Å²) in [6.07, 6.45) is 0. The Labute approximate surface area is 180 Å². The van der Waals surface area contributed by atoms with Crippen molar-refractivity contribution in [2.24, 2.45) is 0 Å². The monoisotopic (exact) mass is 473 g/mol. The van der Waals surface area contributed by atoms with Crippen LogP contribution in [0.1, 0.15) is 0 Å². The normalized spacial score (nSPS) is 9.38. The summed E-state index contributed by atoms with van der Waals surface area (Å²) in [6, 6.07) is 31.8. The third-order valence-electron chi connectivity index (χ3n) is 3.82. The molecule has 3 rings (SSSR count). The molecular formula is C19H18BrCl2NZn. The first-order valence-corrected chi connectivity index (χ1v) is 6.85. The topological polar surface area (TPSA) is 0 Å². The van der Waals surface area contributed by atoms with Crippen LogP contribution in [-0.2, 0) is 19.5 Å². The largest absolute Gasteiger partial charge is 2.00 e. The summed E-state index contributed by atoms with van der Waals surface area (Å²) in [5.41, 5.74) is 3.76. The first kappa shape index (κ1) is 25.5. The molecule has 5 heteroatoms. The zero-order valence-corrected chi connectivity index (χ0v) is 19.5. The Morgan fingerprint density at radius 2 is 0.708 bits per heavy atom. The number of halogens is 3.